The molecule has 0 spiro atoms. The zero-order chi connectivity index (χ0) is 12.2. The van der Waals surface area contributed by atoms with E-state index < -0.39 is 0 Å². The SMILES string of the molecule is c1ccc2c(COC3CCNCC3)cccc2c1. The van der Waals surface area contributed by atoms with Gasteiger partial charge in [0.2, 0.25) is 0 Å². The molecule has 0 amide bonds. The quantitative estimate of drug-likeness (QED) is 0.891. The Morgan fingerprint density at radius 2 is 1.78 bits per heavy atom. The van der Waals surface area contributed by atoms with Crippen molar-refractivity contribution >= 4 is 10.8 Å². The summed E-state index contributed by atoms with van der Waals surface area (Å²) in [7, 11) is 0. The van der Waals surface area contributed by atoms with Crippen molar-refractivity contribution < 1.29 is 4.74 Å². The molecule has 2 nitrogen and oxygen atoms in total. The first kappa shape index (κ1) is 11.7. The van der Waals surface area contributed by atoms with Crippen LogP contribution in [0.25, 0.3) is 10.8 Å². The Bertz CT molecular complexity index is 512. The van der Waals surface area contributed by atoms with Gasteiger partial charge < -0.3 is 10.1 Å². The second-order valence-corrected chi connectivity index (χ2v) is 4.90. The maximum Gasteiger partial charge on any atom is 0.0726 e. The molecule has 1 aliphatic rings. The van der Waals surface area contributed by atoms with Gasteiger partial charge in [0.1, 0.15) is 0 Å². The van der Waals surface area contributed by atoms with Gasteiger partial charge in [-0.15, -0.1) is 0 Å². The summed E-state index contributed by atoms with van der Waals surface area (Å²) >= 11 is 0. The largest absolute Gasteiger partial charge is 0.373 e. The summed E-state index contributed by atoms with van der Waals surface area (Å²) in [6.45, 7) is 2.90. The molecule has 94 valence electrons. The van der Waals surface area contributed by atoms with Crippen LogP contribution in [-0.2, 0) is 11.3 Å². The molecule has 2 aromatic rings. The van der Waals surface area contributed by atoms with E-state index in [1.165, 1.54) is 16.3 Å². The molecular weight excluding hydrogens is 222 g/mol. The Morgan fingerprint density at radius 1 is 1.00 bits per heavy atom. The van der Waals surface area contributed by atoms with Crippen molar-refractivity contribution in [3.8, 4) is 0 Å². The molecule has 0 saturated carbocycles. The van der Waals surface area contributed by atoms with Crippen molar-refractivity contribution in [1.29, 1.82) is 0 Å². The van der Waals surface area contributed by atoms with Gasteiger partial charge >= 0.3 is 0 Å². The summed E-state index contributed by atoms with van der Waals surface area (Å²) in [5.41, 5.74) is 1.30. The van der Waals surface area contributed by atoms with Gasteiger partial charge in [-0.3, -0.25) is 0 Å². The predicted molar refractivity (Wildman–Crippen MR) is 74.6 cm³/mol. The van der Waals surface area contributed by atoms with E-state index in [0.717, 1.165) is 32.5 Å². The third-order valence-corrected chi connectivity index (χ3v) is 3.64. The van der Waals surface area contributed by atoms with Crippen molar-refractivity contribution in [3.05, 3.63) is 48.0 Å². The van der Waals surface area contributed by atoms with Gasteiger partial charge in [-0.25, -0.2) is 0 Å². The normalized spacial score (nSPS) is 17.1. The number of nitrogens with one attached hydrogen (secondary N) is 1. The van der Waals surface area contributed by atoms with E-state index in [9.17, 15) is 0 Å². The van der Waals surface area contributed by atoms with Crippen molar-refractivity contribution in [2.24, 2.45) is 0 Å². The van der Waals surface area contributed by atoms with Gasteiger partial charge in [0, 0.05) is 0 Å². The maximum absolute atomic E-state index is 6.04. The number of fused-ring (bicyclic) bond motifs is 1. The fourth-order valence-electron chi connectivity index (χ4n) is 2.59. The van der Waals surface area contributed by atoms with Crippen LogP contribution < -0.4 is 5.32 Å². The Kier molecular flexibility index (Phi) is 3.58. The number of hydrogen-bond acceptors (Lipinski definition) is 2. The lowest BCUT2D eigenvalue weighted by Gasteiger charge is -2.23. The number of benzene rings is 2. The van der Waals surface area contributed by atoms with Gasteiger partial charge in [-0.1, -0.05) is 42.5 Å². The minimum absolute atomic E-state index is 0.421. The summed E-state index contributed by atoms with van der Waals surface area (Å²) in [4.78, 5) is 0. The van der Waals surface area contributed by atoms with Gasteiger partial charge in [-0.2, -0.15) is 0 Å². The lowest BCUT2D eigenvalue weighted by molar-refractivity contribution is 0.0218. The molecule has 1 saturated heterocycles. The Labute approximate surface area is 108 Å². The highest BCUT2D eigenvalue weighted by molar-refractivity contribution is 5.85. The number of hydrogen-bond donors (Lipinski definition) is 1. The first-order valence-corrected chi connectivity index (χ1v) is 6.72. The van der Waals surface area contributed by atoms with Crippen LogP contribution >= 0.6 is 0 Å². The fourth-order valence-corrected chi connectivity index (χ4v) is 2.59. The maximum atomic E-state index is 6.04. The van der Waals surface area contributed by atoms with Crippen LogP contribution in [0.15, 0.2) is 42.5 Å². The van der Waals surface area contributed by atoms with Gasteiger partial charge in [0.25, 0.3) is 0 Å². The number of piperidine rings is 1. The topological polar surface area (TPSA) is 21.3 Å². The Hall–Kier alpha value is -1.38. The average Bonchev–Trinajstić information content (AvgIpc) is 2.46. The van der Waals surface area contributed by atoms with E-state index in [-0.39, 0.29) is 0 Å². The first-order chi connectivity index (χ1) is 8.93. The zero-order valence-electron chi connectivity index (χ0n) is 10.6. The minimum atomic E-state index is 0.421. The summed E-state index contributed by atoms with van der Waals surface area (Å²) in [6.07, 6.45) is 2.68. The third-order valence-electron chi connectivity index (χ3n) is 3.64. The van der Waals surface area contributed by atoms with Gasteiger partial charge in [0.15, 0.2) is 0 Å². The van der Waals surface area contributed by atoms with Crippen LogP contribution in [0.3, 0.4) is 0 Å². The van der Waals surface area contributed by atoms with Crippen molar-refractivity contribution in [2.75, 3.05) is 13.1 Å². The molecule has 2 heteroatoms. The molecule has 0 bridgehead atoms. The fraction of sp³-hybridized carbons (Fsp3) is 0.375. The van der Waals surface area contributed by atoms with Crippen molar-refractivity contribution in [2.45, 2.75) is 25.6 Å². The molecule has 0 atom stereocenters. The van der Waals surface area contributed by atoms with Gasteiger partial charge in [-0.05, 0) is 42.3 Å². The van der Waals surface area contributed by atoms with E-state index >= 15 is 0 Å². The molecule has 0 unspecified atom stereocenters. The van der Waals surface area contributed by atoms with E-state index in [1.807, 2.05) is 0 Å². The zero-order valence-corrected chi connectivity index (χ0v) is 10.6. The molecular formula is C16H19NO. The van der Waals surface area contributed by atoms with Crippen molar-refractivity contribution in [1.82, 2.24) is 5.32 Å². The molecule has 0 radical (unpaired) electrons. The Morgan fingerprint density at radius 3 is 2.67 bits per heavy atom. The summed E-state index contributed by atoms with van der Waals surface area (Å²) in [5.74, 6) is 0. The minimum Gasteiger partial charge on any atom is -0.373 e. The van der Waals surface area contributed by atoms with Gasteiger partial charge in [0.05, 0.1) is 12.7 Å². The van der Waals surface area contributed by atoms with E-state index in [0.29, 0.717) is 6.10 Å². The first-order valence-electron chi connectivity index (χ1n) is 6.72. The van der Waals surface area contributed by atoms with Crippen LogP contribution in [0.1, 0.15) is 18.4 Å². The van der Waals surface area contributed by atoms with Crippen LogP contribution in [-0.4, -0.2) is 19.2 Å². The van der Waals surface area contributed by atoms with Crippen LogP contribution in [0.2, 0.25) is 0 Å². The lowest BCUT2D eigenvalue weighted by Crippen LogP contribution is -2.32. The summed E-state index contributed by atoms with van der Waals surface area (Å²) in [5, 5.41) is 5.97. The smallest absolute Gasteiger partial charge is 0.0726 e. The number of rotatable bonds is 3. The second-order valence-electron chi connectivity index (χ2n) is 4.90. The molecule has 18 heavy (non-hydrogen) atoms. The molecule has 1 N–H and O–H groups in total. The summed E-state index contributed by atoms with van der Waals surface area (Å²) in [6, 6.07) is 15.0. The van der Waals surface area contributed by atoms with E-state index in [1.54, 1.807) is 0 Å². The average molecular weight is 241 g/mol. The highest BCUT2D eigenvalue weighted by Crippen LogP contribution is 2.20. The molecule has 1 fully saturated rings. The molecule has 0 aromatic heterocycles. The van der Waals surface area contributed by atoms with Crippen LogP contribution in [0.4, 0.5) is 0 Å². The standard InChI is InChI=1S/C16H19NO/c1-2-7-16-13(4-1)5-3-6-14(16)12-18-15-8-10-17-11-9-15/h1-7,15,17H,8-12H2. The molecule has 3 rings (SSSR count). The molecule has 0 aliphatic carbocycles. The molecule has 1 heterocycles. The lowest BCUT2D eigenvalue weighted by atomic mass is 10.0. The van der Waals surface area contributed by atoms with E-state index in [2.05, 4.69) is 47.8 Å². The number of ether oxygens (including phenoxy) is 1. The molecule has 2 aromatic carbocycles. The molecule has 1 aliphatic heterocycles. The van der Waals surface area contributed by atoms with Crippen molar-refractivity contribution in [3.63, 3.8) is 0 Å². The Balaban J connectivity index is 1.74. The highest BCUT2D eigenvalue weighted by Gasteiger charge is 2.13. The highest BCUT2D eigenvalue weighted by atomic mass is 16.5. The monoisotopic (exact) mass is 241 g/mol. The second kappa shape index (κ2) is 5.51. The summed E-state index contributed by atoms with van der Waals surface area (Å²) < 4.78 is 6.04. The van der Waals surface area contributed by atoms with Crippen LogP contribution in [0, 0.1) is 0 Å². The van der Waals surface area contributed by atoms with Crippen LogP contribution in [0.5, 0.6) is 0 Å². The predicted octanol–water partition coefficient (Wildman–Crippen LogP) is 3.11. The van der Waals surface area contributed by atoms with E-state index in [4.69, 9.17) is 4.74 Å². The third kappa shape index (κ3) is 2.55.